The van der Waals surface area contributed by atoms with Gasteiger partial charge in [-0.3, -0.25) is 9.67 Å². The van der Waals surface area contributed by atoms with Crippen molar-refractivity contribution >= 4 is 46.0 Å². The zero-order valence-electron chi connectivity index (χ0n) is 15.9. The van der Waals surface area contributed by atoms with E-state index < -0.39 is 0 Å². The monoisotopic (exact) mass is 420 g/mol. The second-order valence-corrected chi connectivity index (χ2v) is 7.03. The van der Waals surface area contributed by atoms with Crippen LogP contribution in [0.4, 0.5) is 5.82 Å². The molecular weight excluding hydrogens is 399 g/mol. The first-order chi connectivity index (χ1) is 13.5. The van der Waals surface area contributed by atoms with Crippen molar-refractivity contribution in [2.24, 2.45) is 12.0 Å². The Kier molecular flexibility index (Phi) is 6.53. The first-order valence-electron chi connectivity index (χ1n) is 8.78. The van der Waals surface area contributed by atoms with Gasteiger partial charge in [-0.25, -0.2) is 9.97 Å². The van der Waals surface area contributed by atoms with Gasteiger partial charge in [0.25, 0.3) is 0 Å². The molecule has 0 amide bonds. The molecule has 1 atom stereocenters. The molecule has 3 N–H and O–H groups in total. The van der Waals surface area contributed by atoms with Crippen molar-refractivity contribution in [3.8, 4) is 0 Å². The number of guanidine groups is 1. The number of rotatable bonds is 6. The molecule has 10 heteroatoms. The van der Waals surface area contributed by atoms with Crippen LogP contribution in [0.15, 0.2) is 35.7 Å². The summed E-state index contributed by atoms with van der Waals surface area (Å²) in [5, 5.41) is 16.2. The average molecular weight is 421 g/mol. The molecule has 0 bridgehead atoms. The van der Waals surface area contributed by atoms with Gasteiger partial charge in [0.2, 0.25) is 0 Å². The minimum atomic E-state index is -0.0270. The van der Waals surface area contributed by atoms with Crippen LogP contribution in [-0.4, -0.2) is 45.8 Å². The van der Waals surface area contributed by atoms with E-state index in [0.717, 1.165) is 22.4 Å². The van der Waals surface area contributed by atoms with Gasteiger partial charge in [-0.2, -0.15) is 5.10 Å². The molecule has 2 heterocycles. The summed E-state index contributed by atoms with van der Waals surface area (Å²) in [4.78, 5) is 12.8. The highest BCUT2D eigenvalue weighted by atomic mass is 35.5. The molecule has 0 saturated carbocycles. The maximum atomic E-state index is 6.28. The lowest BCUT2D eigenvalue weighted by Gasteiger charge is -2.19. The normalized spacial score (nSPS) is 12.8. The third kappa shape index (κ3) is 4.63. The average Bonchev–Trinajstić information content (AvgIpc) is 3.06. The summed E-state index contributed by atoms with van der Waals surface area (Å²) >= 11 is 12.2. The zero-order valence-corrected chi connectivity index (χ0v) is 17.4. The Morgan fingerprint density at radius 3 is 2.82 bits per heavy atom. The van der Waals surface area contributed by atoms with Crippen molar-refractivity contribution < 1.29 is 0 Å². The van der Waals surface area contributed by atoms with Gasteiger partial charge in [-0.05, 0) is 24.6 Å². The number of aromatic nitrogens is 4. The van der Waals surface area contributed by atoms with Gasteiger partial charge >= 0.3 is 0 Å². The second-order valence-electron chi connectivity index (χ2n) is 6.19. The molecule has 0 aliphatic rings. The Morgan fingerprint density at radius 1 is 1.25 bits per heavy atom. The number of hydrogen-bond acceptors (Lipinski definition) is 5. The Balaban J connectivity index is 1.53. The predicted molar refractivity (Wildman–Crippen MR) is 114 cm³/mol. The number of benzene rings is 1. The number of aryl methyl sites for hydroxylation is 1. The summed E-state index contributed by atoms with van der Waals surface area (Å²) in [6, 6.07) is 5.44. The molecule has 3 rings (SSSR count). The van der Waals surface area contributed by atoms with E-state index in [1.807, 2.05) is 26.1 Å². The molecule has 0 aliphatic carbocycles. The van der Waals surface area contributed by atoms with Crippen LogP contribution < -0.4 is 16.0 Å². The number of aliphatic imine (C=N–C) groups is 1. The molecule has 0 aliphatic heterocycles. The topological polar surface area (TPSA) is 92.1 Å². The highest BCUT2D eigenvalue weighted by Crippen LogP contribution is 2.26. The third-order valence-corrected chi connectivity index (χ3v) is 4.81. The maximum Gasteiger partial charge on any atom is 0.191 e. The Labute approximate surface area is 173 Å². The van der Waals surface area contributed by atoms with Gasteiger partial charge in [-0.15, -0.1) is 0 Å². The van der Waals surface area contributed by atoms with E-state index in [9.17, 15) is 0 Å². The van der Waals surface area contributed by atoms with E-state index in [-0.39, 0.29) is 6.04 Å². The third-order valence-electron chi connectivity index (χ3n) is 4.25. The van der Waals surface area contributed by atoms with E-state index >= 15 is 0 Å². The number of halogens is 2. The van der Waals surface area contributed by atoms with Gasteiger partial charge in [-0.1, -0.05) is 29.3 Å². The van der Waals surface area contributed by atoms with Crippen molar-refractivity contribution in [2.75, 3.05) is 25.5 Å². The fourth-order valence-electron chi connectivity index (χ4n) is 2.79. The van der Waals surface area contributed by atoms with E-state index in [1.165, 1.54) is 6.33 Å². The fourth-order valence-corrected chi connectivity index (χ4v) is 3.37. The van der Waals surface area contributed by atoms with Gasteiger partial charge in [0, 0.05) is 37.2 Å². The summed E-state index contributed by atoms with van der Waals surface area (Å²) in [5.41, 5.74) is 1.74. The number of fused-ring (bicyclic) bond motifs is 1. The number of anilines is 1. The fraction of sp³-hybridized carbons (Fsp3) is 0.333. The van der Waals surface area contributed by atoms with E-state index in [1.54, 1.807) is 24.0 Å². The molecular formula is C18H22Cl2N8. The van der Waals surface area contributed by atoms with Gasteiger partial charge < -0.3 is 16.0 Å². The molecule has 1 aromatic carbocycles. The quantitative estimate of drug-likeness (QED) is 0.322. The lowest BCUT2D eigenvalue weighted by Crippen LogP contribution is -2.40. The van der Waals surface area contributed by atoms with Crippen LogP contribution in [0, 0.1) is 0 Å². The van der Waals surface area contributed by atoms with Crippen LogP contribution in [0.3, 0.4) is 0 Å². The Morgan fingerprint density at radius 2 is 2.07 bits per heavy atom. The molecule has 0 fully saturated rings. The number of hydrogen-bond donors (Lipinski definition) is 3. The first kappa shape index (κ1) is 20.2. The molecule has 148 valence electrons. The Hall–Kier alpha value is -2.58. The number of nitrogens with zero attached hydrogens (tertiary/aromatic N) is 5. The summed E-state index contributed by atoms with van der Waals surface area (Å²) in [6.07, 6.45) is 3.28. The summed E-state index contributed by atoms with van der Waals surface area (Å²) in [6.45, 7) is 3.31. The molecule has 2 aromatic heterocycles. The molecule has 1 unspecified atom stereocenters. The molecule has 8 nitrogen and oxygen atoms in total. The van der Waals surface area contributed by atoms with Crippen LogP contribution in [0.1, 0.15) is 18.5 Å². The van der Waals surface area contributed by atoms with Crippen LogP contribution in [0.2, 0.25) is 10.0 Å². The molecule has 0 spiro atoms. The highest BCUT2D eigenvalue weighted by Gasteiger charge is 2.12. The van der Waals surface area contributed by atoms with E-state index in [4.69, 9.17) is 23.2 Å². The minimum absolute atomic E-state index is 0.0270. The van der Waals surface area contributed by atoms with Crippen molar-refractivity contribution in [1.82, 2.24) is 30.4 Å². The maximum absolute atomic E-state index is 6.28. The number of nitrogens with one attached hydrogen (secondary N) is 3. The summed E-state index contributed by atoms with van der Waals surface area (Å²) < 4.78 is 1.72. The van der Waals surface area contributed by atoms with Crippen molar-refractivity contribution in [3.63, 3.8) is 0 Å². The summed E-state index contributed by atoms with van der Waals surface area (Å²) in [7, 11) is 3.58. The second kappa shape index (κ2) is 9.07. The predicted octanol–water partition coefficient (Wildman–Crippen LogP) is 3.01. The van der Waals surface area contributed by atoms with Gasteiger partial charge in [0.1, 0.15) is 12.1 Å². The van der Waals surface area contributed by atoms with Crippen molar-refractivity contribution in [3.05, 3.63) is 46.3 Å². The smallest absolute Gasteiger partial charge is 0.191 e. The Bertz CT molecular complexity index is 985. The zero-order chi connectivity index (χ0) is 20.1. The molecule has 3 aromatic rings. The van der Waals surface area contributed by atoms with Crippen LogP contribution >= 0.6 is 23.2 Å². The molecule has 0 radical (unpaired) electrons. The standard InChI is InChI=1S/C18H22Cl2N8/c1-11(13-5-4-12(19)8-15(13)20)27-18(21-2)23-7-6-22-16-14-9-26-28(3)17(14)25-10-24-16/h4-5,8-11H,6-7H2,1-3H3,(H2,21,23,27)(H,22,24,25). The van der Waals surface area contributed by atoms with Gasteiger partial charge in [0.15, 0.2) is 11.6 Å². The summed E-state index contributed by atoms with van der Waals surface area (Å²) in [5.74, 6) is 1.43. The van der Waals surface area contributed by atoms with Crippen molar-refractivity contribution in [1.29, 1.82) is 0 Å². The minimum Gasteiger partial charge on any atom is -0.368 e. The van der Waals surface area contributed by atoms with Gasteiger partial charge in [0.05, 0.1) is 17.6 Å². The SMILES string of the molecule is CN=C(NCCNc1ncnc2c1cnn2C)NC(C)c1ccc(Cl)cc1Cl. The van der Waals surface area contributed by atoms with Crippen LogP contribution in [-0.2, 0) is 7.05 Å². The first-order valence-corrected chi connectivity index (χ1v) is 9.54. The van der Waals surface area contributed by atoms with Crippen LogP contribution in [0.25, 0.3) is 11.0 Å². The van der Waals surface area contributed by atoms with Crippen molar-refractivity contribution in [2.45, 2.75) is 13.0 Å². The van der Waals surface area contributed by atoms with E-state index in [2.05, 4.69) is 36.0 Å². The highest BCUT2D eigenvalue weighted by molar-refractivity contribution is 6.35. The molecule has 28 heavy (non-hydrogen) atoms. The molecule has 0 saturated heterocycles. The lowest BCUT2D eigenvalue weighted by molar-refractivity contribution is 0.688. The van der Waals surface area contributed by atoms with Crippen LogP contribution in [0.5, 0.6) is 0 Å². The lowest BCUT2D eigenvalue weighted by atomic mass is 10.1. The largest absolute Gasteiger partial charge is 0.368 e. The van der Waals surface area contributed by atoms with E-state index in [0.29, 0.717) is 29.1 Å².